The van der Waals surface area contributed by atoms with E-state index in [4.69, 9.17) is 0 Å². The molecule has 0 saturated heterocycles. The molecular formula is C32H25N3. The fraction of sp³-hybridized carbons (Fsp3) is 0.188. The van der Waals surface area contributed by atoms with Gasteiger partial charge >= 0.3 is 0 Å². The molecule has 6 rings (SSSR count). The molecule has 2 unspecified atom stereocenters. The van der Waals surface area contributed by atoms with Crippen LogP contribution >= 0.6 is 0 Å². The first-order valence-corrected chi connectivity index (χ1v) is 12.3. The molecule has 1 aliphatic carbocycles. The van der Waals surface area contributed by atoms with E-state index in [2.05, 4.69) is 89.5 Å². The molecule has 1 aromatic heterocycles. The number of benzene rings is 4. The third-order valence-corrected chi connectivity index (χ3v) is 7.71. The Morgan fingerprint density at radius 2 is 1.00 bits per heavy atom. The molecule has 2 atom stereocenters. The average Bonchev–Trinajstić information content (AvgIpc) is 3.27. The Hall–Kier alpha value is -4.34. The SMILES string of the molecule is N#Cc1ccc(C2CCCC(c3ccc(C#N)cc3)C2n2c3ccccc3c3ccccc32)cc1. The number of nitriles is 2. The summed E-state index contributed by atoms with van der Waals surface area (Å²) in [5, 5.41) is 21.2. The van der Waals surface area contributed by atoms with Gasteiger partial charge in [0.25, 0.3) is 0 Å². The molecule has 0 aliphatic heterocycles. The van der Waals surface area contributed by atoms with E-state index in [-0.39, 0.29) is 6.04 Å². The number of rotatable bonds is 3. The van der Waals surface area contributed by atoms with Gasteiger partial charge in [0.15, 0.2) is 0 Å². The minimum Gasteiger partial charge on any atom is -0.336 e. The number of hydrogen-bond donors (Lipinski definition) is 0. The minimum atomic E-state index is 0.217. The van der Waals surface area contributed by atoms with Gasteiger partial charge in [0.05, 0.1) is 23.3 Å². The maximum absolute atomic E-state index is 9.33. The molecule has 168 valence electrons. The molecule has 0 N–H and O–H groups in total. The Labute approximate surface area is 205 Å². The summed E-state index contributed by atoms with van der Waals surface area (Å²) in [4.78, 5) is 0. The minimum absolute atomic E-state index is 0.217. The Morgan fingerprint density at radius 1 is 0.571 bits per heavy atom. The first kappa shape index (κ1) is 21.2. The summed E-state index contributed by atoms with van der Waals surface area (Å²) in [7, 11) is 0. The van der Waals surface area contributed by atoms with Crippen molar-refractivity contribution in [3.05, 3.63) is 119 Å². The summed E-state index contributed by atoms with van der Waals surface area (Å²) >= 11 is 0. The van der Waals surface area contributed by atoms with E-state index >= 15 is 0 Å². The fourth-order valence-electron chi connectivity index (χ4n) is 6.15. The Morgan fingerprint density at radius 3 is 1.43 bits per heavy atom. The standard InChI is InChI=1S/C32H25N3/c33-20-22-12-16-24(17-13-22)26-8-5-9-27(25-18-14-23(21-34)15-19-25)32(26)35-30-10-3-1-6-28(30)29-7-2-4-11-31(29)35/h1-4,6-7,10-19,26-27,32H,5,8-9H2. The van der Waals surface area contributed by atoms with Gasteiger partial charge in [-0.05, 0) is 60.4 Å². The van der Waals surface area contributed by atoms with Crippen molar-refractivity contribution < 1.29 is 0 Å². The molecular weight excluding hydrogens is 426 g/mol. The molecule has 1 aliphatic rings. The maximum atomic E-state index is 9.33. The van der Waals surface area contributed by atoms with E-state index in [0.717, 1.165) is 19.3 Å². The van der Waals surface area contributed by atoms with Crippen LogP contribution in [0, 0.1) is 22.7 Å². The van der Waals surface area contributed by atoms with E-state index < -0.39 is 0 Å². The zero-order valence-electron chi connectivity index (χ0n) is 19.4. The second-order valence-corrected chi connectivity index (χ2v) is 9.51. The molecule has 35 heavy (non-hydrogen) atoms. The number of aromatic nitrogens is 1. The van der Waals surface area contributed by atoms with Crippen molar-refractivity contribution in [2.45, 2.75) is 37.1 Å². The normalized spacial score (nSPS) is 19.9. The van der Waals surface area contributed by atoms with Crippen LogP contribution in [0.5, 0.6) is 0 Å². The lowest BCUT2D eigenvalue weighted by Crippen LogP contribution is -2.28. The molecule has 1 saturated carbocycles. The summed E-state index contributed by atoms with van der Waals surface area (Å²) in [6.07, 6.45) is 3.34. The van der Waals surface area contributed by atoms with E-state index in [1.54, 1.807) is 0 Å². The topological polar surface area (TPSA) is 52.5 Å². The molecule has 1 fully saturated rings. The fourth-order valence-corrected chi connectivity index (χ4v) is 6.15. The van der Waals surface area contributed by atoms with Crippen molar-refractivity contribution in [3.63, 3.8) is 0 Å². The second-order valence-electron chi connectivity index (χ2n) is 9.51. The van der Waals surface area contributed by atoms with E-state index in [1.807, 2.05) is 24.3 Å². The zero-order valence-corrected chi connectivity index (χ0v) is 19.4. The van der Waals surface area contributed by atoms with Crippen LogP contribution in [0.2, 0.25) is 0 Å². The van der Waals surface area contributed by atoms with Crippen LogP contribution < -0.4 is 0 Å². The molecule has 5 aromatic rings. The molecule has 3 nitrogen and oxygen atoms in total. The van der Waals surface area contributed by atoms with Gasteiger partial charge in [-0.2, -0.15) is 10.5 Å². The van der Waals surface area contributed by atoms with Crippen LogP contribution in [0.25, 0.3) is 21.8 Å². The van der Waals surface area contributed by atoms with Gasteiger partial charge in [-0.15, -0.1) is 0 Å². The summed E-state index contributed by atoms with van der Waals surface area (Å²) in [6.45, 7) is 0. The monoisotopic (exact) mass is 451 g/mol. The lowest BCUT2D eigenvalue weighted by Gasteiger charge is -2.41. The highest BCUT2D eigenvalue weighted by Gasteiger charge is 2.37. The summed E-state index contributed by atoms with van der Waals surface area (Å²) in [6, 6.07) is 38.6. The van der Waals surface area contributed by atoms with Crippen molar-refractivity contribution in [2.24, 2.45) is 0 Å². The lowest BCUT2D eigenvalue weighted by atomic mass is 9.71. The molecule has 0 spiro atoms. The number of para-hydroxylation sites is 2. The number of hydrogen-bond acceptors (Lipinski definition) is 2. The summed E-state index contributed by atoms with van der Waals surface area (Å²) in [5.41, 5.74) is 6.49. The van der Waals surface area contributed by atoms with Crippen LogP contribution in [-0.2, 0) is 0 Å². The lowest BCUT2D eigenvalue weighted by molar-refractivity contribution is 0.274. The van der Waals surface area contributed by atoms with Gasteiger partial charge in [-0.25, -0.2) is 0 Å². The Bertz CT molecular complexity index is 1480. The second kappa shape index (κ2) is 8.79. The van der Waals surface area contributed by atoms with Crippen molar-refractivity contribution in [2.75, 3.05) is 0 Å². The van der Waals surface area contributed by atoms with Crippen LogP contribution in [0.4, 0.5) is 0 Å². The van der Waals surface area contributed by atoms with E-state index in [0.29, 0.717) is 23.0 Å². The quantitative estimate of drug-likeness (QED) is 0.281. The third kappa shape index (κ3) is 3.58. The highest BCUT2D eigenvalue weighted by molar-refractivity contribution is 6.08. The molecule has 3 heteroatoms. The van der Waals surface area contributed by atoms with Crippen molar-refractivity contribution in [3.8, 4) is 12.1 Å². The Balaban J connectivity index is 1.60. The van der Waals surface area contributed by atoms with Crippen LogP contribution in [0.3, 0.4) is 0 Å². The van der Waals surface area contributed by atoms with Crippen LogP contribution in [0.1, 0.15) is 59.4 Å². The highest BCUT2D eigenvalue weighted by Crippen LogP contribution is 2.51. The maximum Gasteiger partial charge on any atom is 0.0991 e. The molecule has 1 heterocycles. The van der Waals surface area contributed by atoms with Crippen molar-refractivity contribution in [1.82, 2.24) is 4.57 Å². The van der Waals surface area contributed by atoms with Gasteiger partial charge in [0.1, 0.15) is 0 Å². The van der Waals surface area contributed by atoms with Crippen molar-refractivity contribution in [1.29, 1.82) is 10.5 Å². The molecule has 0 amide bonds. The van der Waals surface area contributed by atoms with Gasteiger partial charge in [0, 0.05) is 39.7 Å². The van der Waals surface area contributed by atoms with Gasteiger partial charge in [-0.1, -0.05) is 67.1 Å². The van der Waals surface area contributed by atoms with Crippen molar-refractivity contribution >= 4 is 21.8 Å². The first-order chi connectivity index (χ1) is 17.3. The average molecular weight is 452 g/mol. The highest BCUT2D eigenvalue weighted by atomic mass is 15.0. The molecule has 4 aromatic carbocycles. The first-order valence-electron chi connectivity index (χ1n) is 12.3. The molecule has 0 bridgehead atoms. The number of nitrogens with zero attached hydrogens (tertiary/aromatic N) is 3. The summed E-state index contributed by atoms with van der Waals surface area (Å²) < 4.78 is 2.58. The summed E-state index contributed by atoms with van der Waals surface area (Å²) in [5.74, 6) is 0.632. The predicted octanol–water partition coefficient (Wildman–Crippen LogP) is 7.83. The van der Waals surface area contributed by atoms with E-state index in [9.17, 15) is 10.5 Å². The Kier molecular flexibility index (Phi) is 5.32. The molecule has 0 radical (unpaired) electrons. The largest absolute Gasteiger partial charge is 0.336 e. The van der Waals surface area contributed by atoms with Gasteiger partial charge in [-0.3, -0.25) is 0 Å². The van der Waals surface area contributed by atoms with Gasteiger partial charge in [0.2, 0.25) is 0 Å². The number of fused-ring (bicyclic) bond motifs is 3. The third-order valence-electron chi connectivity index (χ3n) is 7.71. The zero-order chi connectivity index (χ0) is 23.8. The smallest absolute Gasteiger partial charge is 0.0991 e. The van der Waals surface area contributed by atoms with E-state index in [1.165, 1.54) is 32.9 Å². The van der Waals surface area contributed by atoms with Crippen LogP contribution in [-0.4, -0.2) is 4.57 Å². The van der Waals surface area contributed by atoms with Gasteiger partial charge < -0.3 is 4.57 Å². The van der Waals surface area contributed by atoms with Crippen LogP contribution in [0.15, 0.2) is 97.1 Å². The predicted molar refractivity (Wildman–Crippen MR) is 140 cm³/mol.